The molecular formula is C23H31N7O4S. The van der Waals surface area contributed by atoms with Gasteiger partial charge >= 0.3 is 0 Å². The summed E-state index contributed by atoms with van der Waals surface area (Å²) in [5.74, 6) is 1.25. The molecule has 1 saturated heterocycles. The number of amides is 1. The number of rotatable bonds is 5. The van der Waals surface area contributed by atoms with Gasteiger partial charge in [-0.2, -0.15) is 14.4 Å². The highest BCUT2D eigenvalue weighted by Gasteiger charge is 2.61. The van der Waals surface area contributed by atoms with Gasteiger partial charge in [0.1, 0.15) is 10.7 Å². The number of nitrogens with one attached hydrogen (secondary N) is 1. The summed E-state index contributed by atoms with van der Waals surface area (Å²) < 4.78 is 28.7. The van der Waals surface area contributed by atoms with Crippen LogP contribution in [0.25, 0.3) is 0 Å². The molecule has 0 radical (unpaired) electrons. The maximum atomic E-state index is 13.4. The molecule has 3 fully saturated rings. The van der Waals surface area contributed by atoms with Gasteiger partial charge in [0.2, 0.25) is 21.9 Å². The highest BCUT2D eigenvalue weighted by molar-refractivity contribution is 7.89. The van der Waals surface area contributed by atoms with Gasteiger partial charge in [0.15, 0.2) is 0 Å². The average Bonchev–Trinajstić information content (AvgIpc) is 3.46. The third-order valence-corrected chi connectivity index (χ3v) is 9.83. The van der Waals surface area contributed by atoms with E-state index >= 15 is 0 Å². The van der Waals surface area contributed by atoms with E-state index in [9.17, 15) is 18.3 Å². The van der Waals surface area contributed by atoms with Crippen molar-refractivity contribution in [2.45, 2.75) is 79.9 Å². The fourth-order valence-corrected chi connectivity index (χ4v) is 7.29. The first-order chi connectivity index (χ1) is 16.8. The Morgan fingerprint density at radius 1 is 1.14 bits per heavy atom. The molecule has 12 heteroatoms. The van der Waals surface area contributed by atoms with Gasteiger partial charge in [-0.25, -0.2) is 13.4 Å². The predicted molar refractivity (Wildman–Crippen MR) is 127 cm³/mol. The molecule has 0 bridgehead atoms. The zero-order chi connectivity index (χ0) is 24.4. The van der Waals surface area contributed by atoms with Crippen LogP contribution in [0.5, 0.6) is 0 Å². The molecule has 1 spiro atoms. The van der Waals surface area contributed by atoms with Crippen LogP contribution in [0.3, 0.4) is 0 Å². The van der Waals surface area contributed by atoms with Crippen molar-refractivity contribution >= 4 is 27.7 Å². The number of sulfonamides is 1. The fraction of sp³-hybridized carbons (Fsp3) is 0.652. The van der Waals surface area contributed by atoms with Crippen LogP contribution in [0.15, 0.2) is 23.5 Å². The number of anilines is 2. The van der Waals surface area contributed by atoms with Crippen molar-refractivity contribution in [1.29, 1.82) is 0 Å². The Bertz CT molecular complexity index is 1250. The second-order valence-corrected chi connectivity index (χ2v) is 12.3. The van der Waals surface area contributed by atoms with Gasteiger partial charge in [-0.15, -0.1) is 0 Å². The molecule has 2 saturated carbocycles. The molecule has 4 aliphatic rings. The van der Waals surface area contributed by atoms with Crippen molar-refractivity contribution in [2.75, 3.05) is 23.3 Å². The number of aliphatic hydroxyl groups excluding tert-OH is 1. The first-order valence-electron chi connectivity index (χ1n) is 12.4. The minimum absolute atomic E-state index is 0.0327. The van der Waals surface area contributed by atoms with Gasteiger partial charge in [0, 0.05) is 50.2 Å². The van der Waals surface area contributed by atoms with E-state index in [1.54, 1.807) is 13.2 Å². The first kappa shape index (κ1) is 22.9. The van der Waals surface area contributed by atoms with Crippen LogP contribution < -0.4 is 10.2 Å². The molecule has 35 heavy (non-hydrogen) atoms. The van der Waals surface area contributed by atoms with Gasteiger partial charge in [-0.05, 0) is 51.4 Å². The quantitative estimate of drug-likeness (QED) is 0.623. The molecule has 11 nitrogen and oxygen atoms in total. The monoisotopic (exact) mass is 501 g/mol. The van der Waals surface area contributed by atoms with Crippen molar-refractivity contribution in [2.24, 2.45) is 7.05 Å². The Morgan fingerprint density at radius 3 is 2.57 bits per heavy atom. The number of aryl methyl sites for hydroxylation is 1. The lowest BCUT2D eigenvalue weighted by molar-refractivity contribution is -0.121. The van der Waals surface area contributed by atoms with Crippen molar-refractivity contribution in [3.8, 4) is 0 Å². The minimum Gasteiger partial charge on any atom is -0.393 e. The van der Waals surface area contributed by atoms with Crippen molar-refractivity contribution in [1.82, 2.24) is 24.1 Å². The van der Waals surface area contributed by atoms with Gasteiger partial charge in [-0.3, -0.25) is 14.4 Å². The molecule has 1 amide bonds. The lowest BCUT2D eigenvalue weighted by Crippen LogP contribution is -2.44. The Hall–Kier alpha value is -2.57. The molecule has 2 aliphatic heterocycles. The maximum absolute atomic E-state index is 13.4. The number of carbonyl (C=O) groups excluding carboxylic acids is 1. The summed E-state index contributed by atoms with van der Waals surface area (Å²) in [6, 6.07) is -0.000937. The molecule has 188 valence electrons. The summed E-state index contributed by atoms with van der Waals surface area (Å²) in [6.07, 6.45) is 10.3. The molecule has 2 N–H and O–H groups in total. The second kappa shape index (κ2) is 8.24. The lowest BCUT2D eigenvalue weighted by Gasteiger charge is -2.34. The van der Waals surface area contributed by atoms with E-state index in [1.165, 1.54) is 21.4 Å². The van der Waals surface area contributed by atoms with E-state index in [0.29, 0.717) is 44.1 Å². The maximum Gasteiger partial charge on any atom is 0.246 e. The number of fused-ring (bicyclic) bond motifs is 2. The zero-order valence-corrected chi connectivity index (χ0v) is 20.6. The van der Waals surface area contributed by atoms with Crippen LogP contribution in [-0.4, -0.2) is 74.8 Å². The first-order valence-corrected chi connectivity index (χ1v) is 13.9. The van der Waals surface area contributed by atoms with E-state index in [-0.39, 0.29) is 29.0 Å². The van der Waals surface area contributed by atoms with Crippen LogP contribution in [0.2, 0.25) is 0 Å². The van der Waals surface area contributed by atoms with E-state index in [1.807, 2.05) is 4.90 Å². The van der Waals surface area contributed by atoms with Crippen molar-refractivity contribution in [3.05, 3.63) is 24.2 Å². The molecule has 2 aromatic heterocycles. The fourth-order valence-electron chi connectivity index (χ4n) is 5.83. The van der Waals surface area contributed by atoms with Crippen LogP contribution in [-0.2, 0) is 27.3 Å². The summed E-state index contributed by atoms with van der Waals surface area (Å²) in [4.78, 5) is 24.8. The third kappa shape index (κ3) is 3.82. The van der Waals surface area contributed by atoms with Crippen LogP contribution in [0.4, 0.5) is 11.8 Å². The Kier molecular flexibility index (Phi) is 5.38. The lowest BCUT2D eigenvalue weighted by atomic mass is 9.92. The van der Waals surface area contributed by atoms with Crippen molar-refractivity contribution in [3.63, 3.8) is 0 Å². The largest absolute Gasteiger partial charge is 0.393 e. The number of aromatic nitrogens is 4. The number of hydrogen-bond donors (Lipinski definition) is 2. The van der Waals surface area contributed by atoms with Crippen molar-refractivity contribution < 1.29 is 18.3 Å². The molecule has 6 rings (SSSR count). The zero-order valence-electron chi connectivity index (χ0n) is 19.8. The number of piperidine rings is 1. The van der Waals surface area contributed by atoms with Crippen LogP contribution in [0.1, 0.15) is 56.9 Å². The highest BCUT2D eigenvalue weighted by atomic mass is 32.2. The number of nitrogens with zero attached hydrogens (tertiary/aromatic N) is 6. The van der Waals surface area contributed by atoms with Gasteiger partial charge < -0.3 is 10.4 Å². The molecule has 2 aromatic rings. The molecule has 2 atom stereocenters. The average molecular weight is 502 g/mol. The van der Waals surface area contributed by atoms with E-state index in [0.717, 1.165) is 37.7 Å². The summed E-state index contributed by atoms with van der Waals surface area (Å²) >= 11 is 0. The van der Waals surface area contributed by atoms with E-state index in [4.69, 9.17) is 4.98 Å². The van der Waals surface area contributed by atoms with Gasteiger partial charge in [0.25, 0.3) is 0 Å². The Morgan fingerprint density at radius 2 is 1.91 bits per heavy atom. The molecule has 0 aromatic carbocycles. The smallest absolute Gasteiger partial charge is 0.246 e. The van der Waals surface area contributed by atoms with Gasteiger partial charge in [-0.1, -0.05) is 0 Å². The summed E-state index contributed by atoms with van der Waals surface area (Å²) in [7, 11) is -1.86. The molecular weight excluding hydrogens is 470 g/mol. The molecule has 4 heterocycles. The topological polar surface area (TPSA) is 134 Å². The van der Waals surface area contributed by atoms with E-state index in [2.05, 4.69) is 15.4 Å². The normalized spacial score (nSPS) is 26.8. The summed E-state index contributed by atoms with van der Waals surface area (Å²) in [5.41, 5.74) is 0.438. The number of hydrogen-bond acceptors (Lipinski definition) is 8. The predicted octanol–water partition coefficient (Wildman–Crippen LogP) is 1.16. The van der Waals surface area contributed by atoms with E-state index < -0.39 is 15.4 Å². The van der Waals surface area contributed by atoms with Gasteiger partial charge in [0.05, 0.1) is 17.7 Å². The van der Waals surface area contributed by atoms with Crippen LogP contribution >= 0.6 is 0 Å². The SMILES string of the molecule is Cn1cc(S(=O)(=O)N2CCC(Nc3ncc4c(n3)N(C3CCC[C@@H](O)C3)C(=O)C43CC3)CC2)cn1. The highest BCUT2D eigenvalue weighted by Crippen LogP contribution is 2.57. The second-order valence-electron chi connectivity index (χ2n) is 10.3. The molecule has 1 unspecified atom stereocenters. The number of carbonyl (C=O) groups is 1. The Labute approximate surface area is 204 Å². The minimum atomic E-state index is -3.56. The summed E-state index contributed by atoms with van der Waals surface area (Å²) in [5, 5.41) is 17.6. The summed E-state index contributed by atoms with van der Waals surface area (Å²) in [6.45, 7) is 0.793. The number of aliphatic hydroxyl groups is 1. The standard InChI is InChI=1S/C23H31N7O4S/c1-28-14-18(12-25-28)35(33,34)29-9-5-15(6-10-29)26-22-24-13-19-20(27-22)30(21(32)23(19)7-8-23)16-3-2-4-17(31)11-16/h12-17,31H,2-11H2,1H3,(H,24,26,27)/t16?,17-/m1/s1. The third-order valence-electron chi connectivity index (χ3n) is 7.98. The van der Waals surface area contributed by atoms with Crippen LogP contribution in [0, 0.1) is 0 Å². The molecule has 2 aliphatic carbocycles. The Balaban J connectivity index is 1.17.